The number of unbranched alkanes of at least 4 members (excludes halogenated alkanes) is 1. The Morgan fingerprint density at radius 1 is 1.36 bits per heavy atom. The molecule has 0 aromatic carbocycles. The molecule has 0 unspecified atom stereocenters. The second-order valence-corrected chi connectivity index (χ2v) is 6.61. The molecule has 0 N–H and O–H groups in total. The SMILES string of the molecule is CN1CCC=C(c2nsnc2OCCCCN2CC(F)C2)C1. The number of hydrogen-bond donors (Lipinski definition) is 0. The number of alkyl halides is 1. The first-order chi connectivity index (χ1) is 10.7. The summed E-state index contributed by atoms with van der Waals surface area (Å²) in [6, 6.07) is 0. The van der Waals surface area contributed by atoms with Crippen molar-refractivity contribution < 1.29 is 9.13 Å². The van der Waals surface area contributed by atoms with Gasteiger partial charge in [-0.25, -0.2) is 4.39 Å². The van der Waals surface area contributed by atoms with Gasteiger partial charge in [-0.15, -0.1) is 4.37 Å². The Labute approximate surface area is 135 Å². The molecule has 0 radical (unpaired) electrons. The van der Waals surface area contributed by atoms with Crippen LogP contribution in [0.4, 0.5) is 4.39 Å². The molecule has 1 saturated heterocycles. The summed E-state index contributed by atoms with van der Waals surface area (Å²) in [5.74, 6) is 0.666. The van der Waals surface area contributed by atoms with Crippen molar-refractivity contribution in [3.05, 3.63) is 11.8 Å². The van der Waals surface area contributed by atoms with E-state index in [0.29, 0.717) is 25.6 Å². The summed E-state index contributed by atoms with van der Waals surface area (Å²) in [6.07, 6.45) is 4.67. The molecule has 0 amide bonds. The van der Waals surface area contributed by atoms with Crippen LogP contribution in [0, 0.1) is 0 Å². The molecule has 1 aromatic rings. The maximum Gasteiger partial charge on any atom is 0.253 e. The summed E-state index contributed by atoms with van der Waals surface area (Å²) in [4.78, 5) is 4.42. The Kier molecular flexibility index (Phi) is 5.38. The molecule has 2 aliphatic rings. The summed E-state index contributed by atoms with van der Waals surface area (Å²) in [7, 11) is 2.12. The van der Waals surface area contributed by atoms with Crippen LogP contribution < -0.4 is 4.74 Å². The van der Waals surface area contributed by atoms with Gasteiger partial charge in [-0.3, -0.25) is 4.90 Å². The summed E-state index contributed by atoms with van der Waals surface area (Å²) in [5.41, 5.74) is 2.12. The molecule has 122 valence electrons. The highest BCUT2D eigenvalue weighted by atomic mass is 32.1. The van der Waals surface area contributed by atoms with Gasteiger partial charge in [0.1, 0.15) is 11.9 Å². The molecule has 22 heavy (non-hydrogen) atoms. The molecule has 3 rings (SSSR count). The van der Waals surface area contributed by atoms with E-state index in [1.165, 1.54) is 17.3 Å². The molecule has 5 nitrogen and oxygen atoms in total. The van der Waals surface area contributed by atoms with Crippen LogP contribution in [0.3, 0.4) is 0 Å². The molecular formula is C15H23FN4OS. The minimum absolute atomic E-state index is 0.600. The second-order valence-electron chi connectivity index (χ2n) is 6.09. The normalized spacial score (nSPS) is 20.7. The van der Waals surface area contributed by atoms with Gasteiger partial charge >= 0.3 is 0 Å². The van der Waals surface area contributed by atoms with Gasteiger partial charge < -0.3 is 9.64 Å². The van der Waals surface area contributed by atoms with E-state index < -0.39 is 6.17 Å². The van der Waals surface area contributed by atoms with Gasteiger partial charge in [0.25, 0.3) is 5.88 Å². The Hall–Kier alpha value is -1.05. The van der Waals surface area contributed by atoms with Gasteiger partial charge in [-0.2, -0.15) is 4.37 Å². The van der Waals surface area contributed by atoms with E-state index >= 15 is 0 Å². The van der Waals surface area contributed by atoms with Gasteiger partial charge in [0.2, 0.25) is 0 Å². The van der Waals surface area contributed by atoms with Crippen LogP contribution in [0.2, 0.25) is 0 Å². The minimum atomic E-state index is -0.609. The maximum absolute atomic E-state index is 12.7. The van der Waals surface area contributed by atoms with Crippen molar-refractivity contribution in [3.63, 3.8) is 0 Å². The Balaban J connectivity index is 1.41. The Morgan fingerprint density at radius 2 is 2.23 bits per heavy atom. The lowest BCUT2D eigenvalue weighted by Crippen LogP contribution is -2.48. The Morgan fingerprint density at radius 3 is 3.00 bits per heavy atom. The summed E-state index contributed by atoms with van der Waals surface area (Å²) >= 11 is 1.21. The average molecular weight is 326 g/mol. The first kappa shape index (κ1) is 15.8. The third-order valence-corrected chi connectivity index (χ3v) is 4.64. The van der Waals surface area contributed by atoms with Crippen molar-refractivity contribution in [2.45, 2.75) is 25.4 Å². The lowest BCUT2D eigenvalue weighted by atomic mass is 10.1. The van der Waals surface area contributed by atoms with E-state index in [-0.39, 0.29) is 0 Å². The Bertz CT molecular complexity index is 515. The minimum Gasteiger partial charge on any atom is -0.475 e. The van der Waals surface area contributed by atoms with E-state index in [2.05, 4.69) is 31.7 Å². The number of hydrogen-bond acceptors (Lipinski definition) is 6. The van der Waals surface area contributed by atoms with Crippen LogP contribution in [0.1, 0.15) is 25.0 Å². The highest BCUT2D eigenvalue weighted by Gasteiger charge is 2.25. The van der Waals surface area contributed by atoms with Crippen molar-refractivity contribution in [1.29, 1.82) is 0 Å². The molecule has 0 atom stereocenters. The van der Waals surface area contributed by atoms with Crippen LogP contribution in [-0.2, 0) is 0 Å². The summed E-state index contributed by atoms with van der Waals surface area (Å²) < 4.78 is 27.2. The van der Waals surface area contributed by atoms with Gasteiger partial charge in [0, 0.05) is 26.2 Å². The number of ether oxygens (including phenoxy) is 1. The van der Waals surface area contributed by atoms with Crippen molar-refractivity contribution in [3.8, 4) is 5.88 Å². The first-order valence-corrected chi connectivity index (χ1v) is 8.65. The van der Waals surface area contributed by atoms with Crippen LogP contribution in [0.15, 0.2) is 6.08 Å². The lowest BCUT2D eigenvalue weighted by Gasteiger charge is -2.34. The summed E-state index contributed by atoms with van der Waals surface area (Å²) in [5, 5.41) is 0. The zero-order valence-electron chi connectivity index (χ0n) is 13.0. The number of nitrogens with zero attached hydrogens (tertiary/aromatic N) is 4. The molecule has 0 aliphatic carbocycles. The zero-order valence-corrected chi connectivity index (χ0v) is 13.8. The van der Waals surface area contributed by atoms with Crippen LogP contribution >= 0.6 is 11.7 Å². The zero-order chi connectivity index (χ0) is 15.4. The molecular weight excluding hydrogens is 303 g/mol. The number of likely N-dealkylation sites (tertiary alicyclic amines) is 1. The van der Waals surface area contributed by atoms with Crippen molar-refractivity contribution >= 4 is 17.3 Å². The molecule has 3 heterocycles. The molecule has 1 fully saturated rings. The van der Waals surface area contributed by atoms with Gasteiger partial charge in [-0.1, -0.05) is 6.08 Å². The number of aromatic nitrogens is 2. The average Bonchev–Trinajstić information content (AvgIpc) is 2.93. The van der Waals surface area contributed by atoms with Crippen molar-refractivity contribution in [2.75, 3.05) is 46.4 Å². The molecule has 1 aromatic heterocycles. The van der Waals surface area contributed by atoms with Crippen molar-refractivity contribution in [2.24, 2.45) is 0 Å². The number of halogens is 1. The summed E-state index contributed by atoms with van der Waals surface area (Å²) in [6.45, 7) is 4.80. The van der Waals surface area contributed by atoms with E-state index in [1.54, 1.807) is 0 Å². The maximum atomic E-state index is 12.7. The van der Waals surface area contributed by atoms with E-state index in [1.807, 2.05) is 0 Å². The fourth-order valence-electron chi connectivity index (χ4n) is 2.83. The lowest BCUT2D eigenvalue weighted by molar-refractivity contribution is 0.0634. The third kappa shape index (κ3) is 4.02. The van der Waals surface area contributed by atoms with Crippen molar-refractivity contribution in [1.82, 2.24) is 18.5 Å². The second kappa shape index (κ2) is 7.48. The van der Waals surface area contributed by atoms with Gasteiger partial charge in [-0.05, 0) is 38.4 Å². The first-order valence-electron chi connectivity index (χ1n) is 7.92. The largest absolute Gasteiger partial charge is 0.475 e. The van der Waals surface area contributed by atoms with Gasteiger partial charge in [0.05, 0.1) is 18.3 Å². The molecule has 7 heteroatoms. The van der Waals surface area contributed by atoms with E-state index in [4.69, 9.17) is 4.74 Å². The standard InChI is InChI=1S/C15H23FN4OS/c1-19-6-4-5-12(9-19)14-15(18-22-17-14)21-8-3-2-7-20-10-13(16)11-20/h5,13H,2-4,6-11H2,1H3. The third-order valence-electron chi connectivity index (χ3n) is 4.12. The van der Waals surface area contributed by atoms with Gasteiger partial charge in [0.15, 0.2) is 0 Å². The molecule has 2 aliphatic heterocycles. The van der Waals surface area contributed by atoms with Crippen LogP contribution in [0.5, 0.6) is 5.88 Å². The predicted molar refractivity (Wildman–Crippen MR) is 86.1 cm³/mol. The topological polar surface area (TPSA) is 41.5 Å². The predicted octanol–water partition coefficient (Wildman–Crippen LogP) is 2.07. The number of rotatable bonds is 7. The highest BCUT2D eigenvalue weighted by Crippen LogP contribution is 2.27. The molecule has 0 spiro atoms. The van der Waals surface area contributed by atoms with Crippen LogP contribution in [-0.4, -0.2) is 71.1 Å². The van der Waals surface area contributed by atoms with Crippen LogP contribution in [0.25, 0.3) is 5.57 Å². The quantitative estimate of drug-likeness (QED) is 0.718. The molecule has 0 saturated carbocycles. The highest BCUT2D eigenvalue weighted by molar-refractivity contribution is 6.99. The monoisotopic (exact) mass is 326 g/mol. The fraction of sp³-hybridized carbons (Fsp3) is 0.733. The molecule has 0 bridgehead atoms. The van der Waals surface area contributed by atoms with E-state index in [9.17, 15) is 4.39 Å². The number of likely N-dealkylation sites (N-methyl/N-ethyl adjacent to an activating group) is 1. The van der Waals surface area contributed by atoms with E-state index in [0.717, 1.165) is 44.6 Å². The fourth-order valence-corrected chi connectivity index (χ4v) is 3.36. The smallest absolute Gasteiger partial charge is 0.253 e.